The van der Waals surface area contributed by atoms with Crippen LogP contribution in [0.15, 0.2) is 23.6 Å². The first kappa shape index (κ1) is 20.8. The Morgan fingerprint density at radius 3 is 2.96 bits per heavy atom. The van der Waals surface area contributed by atoms with Crippen molar-refractivity contribution < 1.29 is 14.3 Å². The molecule has 4 rings (SSSR count). The maximum Gasteiger partial charge on any atom is 0.231 e. The minimum absolute atomic E-state index is 0. The van der Waals surface area contributed by atoms with Crippen molar-refractivity contribution in [2.75, 3.05) is 26.4 Å². The van der Waals surface area contributed by atoms with Crippen LogP contribution in [0.5, 0.6) is 11.5 Å². The first-order chi connectivity index (χ1) is 11.7. The number of hydrogen-bond acceptors (Lipinski definition) is 6. The molecular weight excluding hydrogens is 397 g/mol. The van der Waals surface area contributed by atoms with Gasteiger partial charge in [0.1, 0.15) is 5.01 Å². The van der Waals surface area contributed by atoms with E-state index in [1.807, 2.05) is 28.5 Å². The van der Waals surface area contributed by atoms with Crippen LogP contribution in [0.1, 0.15) is 12.6 Å². The summed E-state index contributed by atoms with van der Waals surface area (Å²) in [6.07, 6.45) is 0.353. The van der Waals surface area contributed by atoms with E-state index in [1.165, 1.54) is 0 Å². The number of nitrogens with zero attached hydrogens (tertiary/aromatic N) is 2. The molecule has 2 aromatic rings. The zero-order valence-electron chi connectivity index (χ0n) is 14.3. The van der Waals surface area contributed by atoms with Crippen molar-refractivity contribution >= 4 is 42.1 Å². The van der Waals surface area contributed by atoms with Crippen LogP contribution in [0.4, 0.5) is 0 Å². The van der Waals surface area contributed by atoms with Gasteiger partial charge in [-0.15, -0.1) is 36.2 Å². The molecule has 142 valence electrons. The van der Waals surface area contributed by atoms with Gasteiger partial charge >= 0.3 is 0 Å². The predicted octanol–water partition coefficient (Wildman–Crippen LogP) is 2.75. The molecule has 1 N–H and O–H groups in total. The summed E-state index contributed by atoms with van der Waals surface area (Å²) in [7, 11) is 0. The number of thiazole rings is 1. The van der Waals surface area contributed by atoms with Gasteiger partial charge in [-0.3, -0.25) is 4.79 Å². The third-order valence-electron chi connectivity index (χ3n) is 4.33. The van der Waals surface area contributed by atoms with E-state index in [4.69, 9.17) is 9.47 Å². The van der Waals surface area contributed by atoms with Crippen LogP contribution >= 0.6 is 36.2 Å². The van der Waals surface area contributed by atoms with Gasteiger partial charge in [0.25, 0.3) is 0 Å². The summed E-state index contributed by atoms with van der Waals surface area (Å²) in [4.78, 5) is 19.1. The highest BCUT2D eigenvalue weighted by Crippen LogP contribution is 2.36. The molecule has 0 radical (unpaired) electrons. The third-order valence-corrected chi connectivity index (χ3v) is 5.27. The van der Waals surface area contributed by atoms with E-state index in [0.717, 1.165) is 47.4 Å². The Balaban J connectivity index is 0.00000121. The number of hydrogen-bond donors (Lipinski definition) is 1. The van der Waals surface area contributed by atoms with Gasteiger partial charge in [0.05, 0.1) is 12.1 Å². The monoisotopic (exact) mass is 417 g/mol. The highest BCUT2D eigenvalue weighted by Gasteiger charge is 2.23. The Hall–Kier alpha value is -1.54. The van der Waals surface area contributed by atoms with Crippen LogP contribution in [0.2, 0.25) is 0 Å². The molecule has 0 spiro atoms. The minimum atomic E-state index is 0. The summed E-state index contributed by atoms with van der Waals surface area (Å²) < 4.78 is 10.7. The van der Waals surface area contributed by atoms with E-state index in [2.05, 4.69) is 17.2 Å². The molecule has 9 heteroatoms. The number of carbonyl (C=O) groups excluding carboxylic acids is 1. The molecule has 0 bridgehead atoms. The van der Waals surface area contributed by atoms with Gasteiger partial charge in [-0.1, -0.05) is 0 Å². The number of rotatable bonds is 3. The summed E-state index contributed by atoms with van der Waals surface area (Å²) in [5.74, 6) is 1.65. The van der Waals surface area contributed by atoms with Crippen molar-refractivity contribution in [3.05, 3.63) is 29.3 Å². The molecule has 1 saturated heterocycles. The van der Waals surface area contributed by atoms with E-state index in [9.17, 15) is 4.79 Å². The molecule has 1 atom stereocenters. The molecular formula is C17H21Cl2N3O3S. The summed E-state index contributed by atoms with van der Waals surface area (Å²) >= 11 is 1.55. The van der Waals surface area contributed by atoms with Crippen molar-refractivity contribution in [3.8, 4) is 22.1 Å². The van der Waals surface area contributed by atoms with E-state index in [-0.39, 0.29) is 43.6 Å². The zero-order chi connectivity index (χ0) is 16.5. The fourth-order valence-corrected chi connectivity index (χ4v) is 3.84. The zero-order valence-corrected chi connectivity index (χ0v) is 16.7. The van der Waals surface area contributed by atoms with Crippen molar-refractivity contribution in [2.24, 2.45) is 0 Å². The predicted molar refractivity (Wildman–Crippen MR) is 106 cm³/mol. The number of benzene rings is 1. The normalized spacial score (nSPS) is 18.0. The number of amides is 1. The Kier molecular flexibility index (Phi) is 7.11. The van der Waals surface area contributed by atoms with Crippen LogP contribution in [0, 0.1) is 0 Å². The number of halogens is 2. The largest absolute Gasteiger partial charge is 0.454 e. The molecule has 3 heterocycles. The highest BCUT2D eigenvalue weighted by atomic mass is 35.5. The first-order valence-electron chi connectivity index (χ1n) is 8.05. The smallest absolute Gasteiger partial charge is 0.231 e. The molecule has 1 aromatic heterocycles. The lowest BCUT2D eigenvalue weighted by molar-refractivity contribution is -0.133. The number of aromatic nitrogens is 1. The molecule has 6 nitrogen and oxygen atoms in total. The summed E-state index contributed by atoms with van der Waals surface area (Å²) in [5.41, 5.74) is 1.81. The van der Waals surface area contributed by atoms with Gasteiger partial charge in [-0.2, -0.15) is 0 Å². The van der Waals surface area contributed by atoms with E-state index < -0.39 is 0 Å². The summed E-state index contributed by atoms with van der Waals surface area (Å²) in [5, 5.41) is 6.16. The lowest BCUT2D eigenvalue weighted by atomic mass is 10.2. The van der Waals surface area contributed by atoms with Gasteiger partial charge in [0.2, 0.25) is 12.7 Å². The van der Waals surface area contributed by atoms with Crippen LogP contribution in [0.3, 0.4) is 0 Å². The Morgan fingerprint density at radius 2 is 2.15 bits per heavy atom. The van der Waals surface area contributed by atoms with Gasteiger partial charge in [0.15, 0.2) is 11.5 Å². The Labute approximate surface area is 168 Å². The van der Waals surface area contributed by atoms with Gasteiger partial charge in [-0.25, -0.2) is 4.98 Å². The summed E-state index contributed by atoms with van der Waals surface area (Å²) in [6.45, 7) is 4.81. The molecule has 0 saturated carbocycles. The van der Waals surface area contributed by atoms with Crippen LogP contribution in [0.25, 0.3) is 10.6 Å². The molecule has 2 aliphatic rings. The lowest BCUT2D eigenvalue weighted by Crippen LogP contribution is -2.52. The van der Waals surface area contributed by atoms with Crippen LogP contribution < -0.4 is 14.8 Å². The van der Waals surface area contributed by atoms with Gasteiger partial charge in [0, 0.05) is 36.6 Å². The molecule has 2 aliphatic heterocycles. The van der Waals surface area contributed by atoms with E-state index >= 15 is 0 Å². The van der Waals surface area contributed by atoms with Crippen molar-refractivity contribution in [1.29, 1.82) is 0 Å². The third kappa shape index (κ3) is 4.23. The lowest BCUT2D eigenvalue weighted by Gasteiger charge is -2.33. The average Bonchev–Trinajstić information content (AvgIpc) is 3.23. The molecule has 0 aliphatic carbocycles. The fourth-order valence-electron chi connectivity index (χ4n) is 3.02. The van der Waals surface area contributed by atoms with Crippen molar-refractivity contribution in [3.63, 3.8) is 0 Å². The average molecular weight is 418 g/mol. The standard InChI is InChI=1S/C17H19N3O3S.2ClH/c1-11-8-18-4-5-20(11)16(21)7-13-9-24-17(19-13)12-2-3-14-15(6-12)23-10-22-14;;/h2-3,6,9,11,18H,4-5,7-8,10H2,1H3;2*1H/t11-;;/m0../s1. The van der Waals surface area contributed by atoms with Crippen molar-refractivity contribution in [2.45, 2.75) is 19.4 Å². The number of nitrogens with one attached hydrogen (secondary N) is 1. The number of piperazine rings is 1. The molecule has 0 unspecified atom stereocenters. The second-order valence-electron chi connectivity index (χ2n) is 6.03. The van der Waals surface area contributed by atoms with Crippen molar-refractivity contribution in [1.82, 2.24) is 15.2 Å². The SMILES string of the molecule is C[C@H]1CNCCN1C(=O)Cc1csc(-c2ccc3c(c2)OCO3)n1.Cl.Cl. The maximum absolute atomic E-state index is 12.5. The first-order valence-corrected chi connectivity index (χ1v) is 8.93. The highest BCUT2D eigenvalue weighted by molar-refractivity contribution is 7.13. The second-order valence-corrected chi connectivity index (χ2v) is 6.89. The molecule has 1 aromatic carbocycles. The number of fused-ring (bicyclic) bond motifs is 1. The molecule has 1 amide bonds. The minimum Gasteiger partial charge on any atom is -0.454 e. The number of ether oxygens (including phenoxy) is 2. The van der Waals surface area contributed by atoms with E-state index in [1.54, 1.807) is 11.3 Å². The van der Waals surface area contributed by atoms with Crippen LogP contribution in [-0.2, 0) is 11.2 Å². The van der Waals surface area contributed by atoms with Gasteiger partial charge in [-0.05, 0) is 25.1 Å². The second kappa shape index (κ2) is 8.90. The molecule has 1 fully saturated rings. The van der Waals surface area contributed by atoms with Crippen LogP contribution in [-0.4, -0.2) is 48.3 Å². The molecule has 26 heavy (non-hydrogen) atoms. The summed E-state index contributed by atoms with van der Waals surface area (Å²) in [6, 6.07) is 6.03. The topological polar surface area (TPSA) is 63.7 Å². The quantitative estimate of drug-likeness (QED) is 0.831. The Morgan fingerprint density at radius 1 is 1.35 bits per heavy atom. The maximum atomic E-state index is 12.5. The fraction of sp³-hybridized carbons (Fsp3) is 0.412. The van der Waals surface area contributed by atoms with Gasteiger partial charge < -0.3 is 19.7 Å². The van der Waals surface area contributed by atoms with E-state index in [0.29, 0.717) is 6.42 Å². The number of carbonyl (C=O) groups is 1. The Bertz CT molecular complexity index is 771.